The molecule has 17 heavy (non-hydrogen) atoms. The molecule has 1 aromatic heterocycles. The van der Waals surface area contributed by atoms with Crippen molar-refractivity contribution in [1.82, 2.24) is 4.98 Å². The first-order chi connectivity index (χ1) is 8.15. The van der Waals surface area contributed by atoms with Crippen molar-refractivity contribution >= 4 is 22.7 Å². The molecule has 0 bridgehead atoms. The van der Waals surface area contributed by atoms with Crippen molar-refractivity contribution in [3.8, 4) is 0 Å². The minimum absolute atomic E-state index is 0.299. The van der Waals surface area contributed by atoms with Gasteiger partial charge in [-0.2, -0.15) is 0 Å². The number of carboxylic acid groups (broad SMARTS) is 1. The molecule has 1 heterocycles. The zero-order valence-electron chi connectivity index (χ0n) is 9.43. The molecule has 0 aliphatic heterocycles. The Balaban J connectivity index is 2.46. The molecule has 0 saturated carbocycles. The summed E-state index contributed by atoms with van der Waals surface area (Å²) in [6, 6.07) is 7.36. The summed E-state index contributed by atoms with van der Waals surface area (Å²) in [5.41, 5.74) is 1.30. The summed E-state index contributed by atoms with van der Waals surface area (Å²) in [5, 5.41) is 9.76. The number of aliphatic carboxylic acids is 1. The van der Waals surface area contributed by atoms with Crippen LogP contribution in [0.1, 0.15) is 23.7 Å². The standard InChI is InChI=1S/C13H13NO3/c1-2-8(13(16)17)12(15)10-7-14-11-6-4-3-5-9(10)11/h3-8,14H,2H2,1H3,(H,16,17). The van der Waals surface area contributed by atoms with E-state index in [0.717, 1.165) is 10.9 Å². The van der Waals surface area contributed by atoms with Gasteiger partial charge in [0.15, 0.2) is 5.78 Å². The smallest absolute Gasteiger partial charge is 0.314 e. The zero-order chi connectivity index (χ0) is 12.4. The highest BCUT2D eigenvalue weighted by molar-refractivity contribution is 6.14. The maximum atomic E-state index is 12.1. The van der Waals surface area contributed by atoms with Crippen LogP contribution in [0.3, 0.4) is 0 Å². The second-order valence-electron chi connectivity index (χ2n) is 3.91. The van der Waals surface area contributed by atoms with Crippen molar-refractivity contribution in [2.75, 3.05) is 0 Å². The van der Waals surface area contributed by atoms with Crippen LogP contribution in [-0.2, 0) is 4.79 Å². The normalized spacial score (nSPS) is 12.5. The minimum Gasteiger partial charge on any atom is -0.481 e. The van der Waals surface area contributed by atoms with E-state index in [1.54, 1.807) is 13.1 Å². The van der Waals surface area contributed by atoms with Crippen molar-refractivity contribution in [3.05, 3.63) is 36.0 Å². The summed E-state index contributed by atoms with van der Waals surface area (Å²) in [6.07, 6.45) is 1.88. The van der Waals surface area contributed by atoms with Crippen molar-refractivity contribution in [2.24, 2.45) is 5.92 Å². The first-order valence-electron chi connectivity index (χ1n) is 5.48. The number of carboxylic acids is 1. The van der Waals surface area contributed by atoms with E-state index < -0.39 is 11.9 Å². The number of carbonyl (C=O) groups excluding carboxylic acids is 1. The average molecular weight is 231 g/mol. The lowest BCUT2D eigenvalue weighted by Crippen LogP contribution is -2.22. The molecule has 0 fully saturated rings. The molecular weight excluding hydrogens is 218 g/mol. The fourth-order valence-electron chi connectivity index (χ4n) is 1.94. The molecule has 0 aliphatic rings. The number of aromatic nitrogens is 1. The van der Waals surface area contributed by atoms with E-state index in [9.17, 15) is 9.59 Å². The number of Topliss-reactive ketones (excluding diaryl/α,β-unsaturated/α-hetero) is 1. The van der Waals surface area contributed by atoms with Gasteiger partial charge in [0.1, 0.15) is 5.92 Å². The van der Waals surface area contributed by atoms with Gasteiger partial charge in [0.2, 0.25) is 0 Å². The van der Waals surface area contributed by atoms with Gasteiger partial charge in [0.05, 0.1) is 0 Å². The van der Waals surface area contributed by atoms with Crippen LogP contribution in [0, 0.1) is 5.92 Å². The summed E-state index contributed by atoms with van der Waals surface area (Å²) in [4.78, 5) is 26.0. The van der Waals surface area contributed by atoms with E-state index in [-0.39, 0.29) is 5.78 Å². The number of para-hydroxylation sites is 1. The fraction of sp³-hybridized carbons (Fsp3) is 0.231. The third-order valence-electron chi connectivity index (χ3n) is 2.88. The lowest BCUT2D eigenvalue weighted by Gasteiger charge is -2.07. The van der Waals surface area contributed by atoms with Gasteiger partial charge in [0.25, 0.3) is 0 Å². The zero-order valence-corrected chi connectivity index (χ0v) is 9.43. The number of benzene rings is 1. The Hall–Kier alpha value is -2.10. The number of carbonyl (C=O) groups is 2. The predicted octanol–water partition coefficient (Wildman–Crippen LogP) is 2.46. The Morgan fingerprint density at radius 1 is 1.35 bits per heavy atom. The van der Waals surface area contributed by atoms with E-state index in [2.05, 4.69) is 4.98 Å². The SMILES string of the molecule is CCC(C(=O)O)C(=O)c1c[nH]c2ccccc12. The second kappa shape index (κ2) is 4.41. The molecule has 0 saturated heterocycles. The Morgan fingerprint density at radius 3 is 2.71 bits per heavy atom. The first kappa shape index (κ1) is 11.4. The van der Waals surface area contributed by atoms with Crippen LogP contribution in [0.25, 0.3) is 10.9 Å². The predicted molar refractivity (Wildman–Crippen MR) is 64.0 cm³/mol. The van der Waals surface area contributed by atoms with Crippen LogP contribution in [-0.4, -0.2) is 21.8 Å². The lowest BCUT2D eigenvalue weighted by molar-refractivity contribution is -0.140. The number of hydrogen-bond acceptors (Lipinski definition) is 2. The number of aromatic amines is 1. The van der Waals surface area contributed by atoms with Crippen LogP contribution in [0.4, 0.5) is 0 Å². The molecule has 1 unspecified atom stereocenters. The largest absolute Gasteiger partial charge is 0.481 e. The molecule has 88 valence electrons. The number of hydrogen-bond donors (Lipinski definition) is 2. The van der Waals surface area contributed by atoms with Crippen LogP contribution < -0.4 is 0 Å². The highest BCUT2D eigenvalue weighted by Gasteiger charge is 2.26. The fourth-order valence-corrected chi connectivity index (χ4v) is 1.94. The van der Waals surface area contributed by atoms with Crippen molar-refractivity contribution in [3.63, 3.8) is 0 Å². The van der Waals surface area contributed by atoms with E-state index in [0.29, 0.717) is 12.0 Å². The number of ketones is 1. The minimum atomic E-state index is -1.07. The van der Waals surface area contributed by atoms with Crippen LogP contribution in [0.2, 0.25) is 0 Å². The average Bonchev–Trinajstić information content (AvgIpc) is 2.72. The highest BCUT2D eigenvalue weighted by atomic mass is 16.4. The monoisotopic (exact) mass is 231 g/mol. The summed E-state index contributed by atoms with van der Waals surface area (Å²) in [6.45, 7) is 1.70. The molecule has 1 atom stereocenters. The number of fused-ring (bicyclic) bond motifs is 1. The Bertz CT molecular complexity index is 571. The van der Waals surface area contributed by atoms with Gasteiger partial charge in [-0.1, -0.05) is 25.1 Å². The van der Waals surface area contributed by atoms with Gasteiger partial charge in [0, 0.05) is 22.7 Å². The highest BCUT2D eigenvalue weighted by Crippen LogP contribution is 2.22. The molecule has 4 heteroatoms. The van der Waals surface area contributed by atoms with Gasteiger partial charge < -0.3 is 10.1 Å². The van der Waals surface area contributed by atoms with Gasteiger partial charge in [-0.3, -0.25) is 9.59 Å². The Kier molecular flexibility index (Phi) is 2.95. The molecule has 2 rings (SSSR count). The van der Waals surface area contributed by atoms with E-state index >= 15 is 0 Å². The first-order valence-corrected chi connectivity index (χ1v) is 5.48. The van der Waals surface area contributed by atoms with Crippen molar-refractivity contribution < 1.29 is 14.7 Å². The molecule has 0 aliphatic carbocycles. The third-order valence-corrected chi connectivity index (χ3v) is 2.88. The second-order valence-corrected chi connectivity index (χ2v) is 3.91. The van der Waals surface area contributed by atoms with E-state index in [4.69, 9.17) is 5.11 Å². The van der Waals surface area contributed by atoms with Crippen LogP contribution in [0.5, 0.6) is 0 Å². The van der Waals surface area contributed by atoms with Gasteiger partial charge >= 0.3 is 5.97 Å². The third kappa shape index (κ3) is 1.93. The van der Waals surface area contributed by atoms with Gasteiger partial charge in [-0.15, -0.1) is 0 Å². The number of H-pyrrole nitrogens is 1. The summed E-state index contributed by atoms with van der Waals surface area (Å²) in [5.74, 6) is -2.37. The molecular formula is C13H13NO3. The number of nitrogens with one attached hydrogen (secondary N) is 1. The lowest BCUT2D eigenvalue weighted by atomic mass is 9.95. The van der Waals surface area contributed by atoms with Gasteiger partial charge in [-0.25, -0.2) is 0 Å². The molecule has 2 N–H and O–H groups in total. The molecule has 2 aromatic rings. The number of rotatable bonds is 4. The summed E-state index contributed by atoms with van der Waals surface area (Å²) >= 11 is 0. The quantitative estimate of drug-likeness (QED) is 0.627. The molecule has 0 amide bonds. The molecule has 0 spiro atoms. The maximum Gasteiger partial charge on any atom is 0.314 e. The van der Waals surface area contributed by atoms with Crippen molar-refractivity contribution in [2.45, 2.75) is 13.3 Å². The molecule has 1 aromatic carbocycles. The summed E-state index contributed by atoms with van der Waals surface area (Å²) in [7, 11) is 0. The Labute approximate surface area is 98.3 Å². The van der Waals surface area contributed by atoms with Crippen molar-refractivity contribution in [1.29, 1.82) is 0 Å². The molecule has 4 nitrogen and oxygen atoms in total. The molecule has 0 radical (unpaired) electrons. The van der Waals surface area contributed by atoms with Crippen LogP contribution >= 0.6 is 0 Å². The van der Waals surface area contributed by atoms with Gasteiger partial charge in [-0.05, 0) is 12.5 Å². The summed E-state index contributed by atoms with van der Waals surface area (Å²) < 4.78 is 0. The maximum absolute atomic E-state index is 12.1. The van der Waals surface area contributed by atoms with E-state index in [1.165, 1.54) is 0 Å². The van der Waals surface area contributed by atoms with Crippen LogP contribution in [0.15, 0.2) is 30.5 Å². The Morgan fingerprint density at radius 2 is 2.06 bits per heavy atom. The van der Waals surface area contributed by atoms with E-state index in [1.807, 2.05) is 24.3 Å². The topological polar surface area (TPSA) is 70.2 Å².